The van der Waals surface area contributed by atoms with Crippen molar-refractivity contribution in [3.63, 3.8) is 0 Å². The first-order valence-electron chi connectivity index (χ1n) is 5.17. The molecule has 0 saturated carbocycles. The lowest BCUT2D eigenvalue weighted by Crippen LogP contribution is -2.12. The Bertz CT molecular complexity index is 654. The second-order valence-corrected chi connectivity index (χ2v) is 3.95. The average Bonchev–Trinajstić information content (AvgIpc) is 2.76. The Morgan fingerprint density at radius 2 is 1.88 bits per heavy atom. The topological polar surface area (TPSA) is 33.4 Å². The molecule has 3 aromatic rings. The molecule has 0 saturated heterocycles. The molecule has 80 valence electrons. The molecule has 16 heavy (non-hydrogen) atoms. The third-order valence-electron chi connectivity index (χ3n) is 2.63. The molecule has 3 rings (SSSR count). The average molecular weight is 212 g/mol. The lowest BCUT2D eigenvalue weighted by atomic mass is 10.3. The molecule has 4 nitrogen and oxygen atoms in total. The fourth-order valence-corrected chi connectivity index (χ4v) is 1.90. The van der Waals surface area contributed by atoms with Gasteiger partial charge in [-0.25, -0.2) is 9.50 Å². The number of rotatable bonds is 1. The molecule has 2 heterocycles. The van der Waals surface area contributed by atoms with Gasteiger partial charge in [-0.3, -0.25) is 0 Å². The van der Waals surface area contributed by atoms with Crippen LogP contribution in [-0.4, -0.2) is 28.7 Å². The number of nitrogens with zero attached hydrogens (tertiary/aromatic N) is 4. The largest absolute Gasteiger partial charge is 0.361 e. The van der Waals surface area contributed by atoms with Crippen LogP contribution in [0.4, 0.5) is 5.82 Å². The highest BCUT2D eigenvalue weighted by molar-refractivity contribution is 5.83. The van der Waals surface area contributed by atoms with Crippen LogP contribution in [0, 0.1) is 0 Å². The third kappa shape index (κ3) is 1.16. The minimum atomic E-state index is 0.941. The Hall–Kier alpha value is -2.10. The predicted octanol–water partition coefficient (Wildman–Crippen LogP) is 1.95. The second kappa shape index (κ2) is 3.20. The van der Waals surface area contributed by atoms with E-state index in [0.717, 1.165) is 22.4 Å². The molecule has 0 amide bonds. The zero-order chi connectivity index (χ0) is 11.1. The van der Waals surface area contributed by atoms with Crippen molar-refractivity contribution >= 4 is 22.4 Å². The molecule has 2 aromatic heterocycles. The normalized spacial score (nSPS) is 11.1. The molecule has 0 N–H and O–H groups in total. The molecule has 0 aliphatic carbocycles. The van der Waals surface area contributed by atoms with Gasteiger partial charge in [0.05, 0.1) is 17.2 Å². The number of aromatic nitrogens is 3. The number of para-hydroxylation sites is 2. The second-order valence-electron chi connectivity index (χ2n) is 3.95. The predicted molar refractivity (Wildman–Crippen MR) is 64.8 cm³/mol. The van der Waals surface area contributed by atoms with Crippen LogP contribution in [0.25, 0.3) is 16.6 Å². The van der Waals surface area contributed by atoms with Gasteiger partial charge in [0.25, 0.3) is 0 Å². The van der Waals surface area contributed by atoms with Crippen LogP contribution in [0.15, 0.2) is 36.5 Å². The molecule has 0 bridgehead atoms. The number of hydrogen-bond donors (Lipinski definition) is 0. The van der Waals surface area contributed by atoms with Crippen LogP contribution in [0.5, 0.6) is 0 Å². The number of anilines is 1. The first-order valence-corrected chi connectivity index (χ1v) is 5.17. The smallest absolute Gasteiger partial charge is 0.154 e. The van der Waals surface area contributed by atoms with Crippen LogP contribution in [0.3, 0.4) is 0 Å². The van der Waals surface area contributed by atoms with Gasteiger partial charge in [0.2, 0.25) is 0 Å². The van der Waals surface area contributed by atoms with Gasteiger partial charge in [-0.2, -0.15) is 5.10 Å². The zero-order valence-electron chi connectivity index (χ0n) is 9.25. The third-order valence-corrected chi connectivity index (χ3v) is 2.63. The molecule has 0 aliphatic rings. The standard InChI is InChI=1S/C12H12N4/c1-15(2)12-11-7-8-13-16(11)10-6-4-3-5-9(10)14-12/h3-8H,1-2H3. The summed E-state index contributed by atoms with van der Waals surface area (Å²) in [6.45, 7) is 0. The molecule has 0 unspecified atom stereocenters. The van der Waals surface area contributed by atoms with Crippen molar-refractivity contribution in [2.24, 2.45) is 0 Å². The van der Waals surface area contributed by atoms with Crippen molar-refractivity contribution in [1.82, 2.24) is 14.6 Å². The maximum Gasteiger partial charge on any atom is 0.154 e. The maximum atomic E-state index is 4.64. The highest BCUT2D eigenvalue weighted by Crippen LogP contribution is 2.22. The molecule has 0 fully saturated rings. The Labute approximate surface area is 93.1 Å². The molecular weight excluding hydrogens is 200 g/mol. The van der Waals surface area contributed by atoms with E-state index in [4.69, 9.17) is 0 Å². The van der Waals surface area contributed by atoms with E-state index in [1.807, 2.05) is 53.8 Å². The fourth-order valence-electron chi connectivity index (χ4n) is 1.90. The summed E-state index contributed by atoms with van der Waals surface area (Å²) >= 11 is 0. The van der Waals surface area contributed by atoms with E-state index in [1.54, 1.807) is 6.20 Å². The van der Waals surface area contributed by atoms with E-state index in [-0.39, 0.29) is 0 Å². The minimum Gasteiger partial charge on any atom is -0.361 e. The van der Waals surface area contributed by atoms with E-state index in [9.17, 15) is 0 Å². The van der Waals surface area contributed by atoms with Gasteiger partial charge < -0.3 is 4.90 Å². The molecule has 0 radical (unpaired) electrons. The summed E-state index contributed by atoms with van der Waals surface area (Å²) in [5.74, 6) is 0.941. The molecule has 0 aliphatic heterocycles. The van der Waals surface area contributed by atoms with Crippen molar-refractivity contribution in [2.45, 2.75) is 0 Å². The summed E-state index contributed by atoms with van der Waals surface area (Å²) in [5.41, 5.74) is 3.03. The van der Waals surface area contributed by atoms with E-state index >= 15 is 0 Å². The SMILES string of the molecule is CN(C)c1nc2ccccc2n2nccc12. The molecule has 0 atom stereocenters. The van der Waals surface area contributed by atoms with E-state index in [2.05, 4.69) is 10.1 Å². The molecule has 4 heteroatoms. The van der Waals surface area contributed by atoms with E-state index in [0.29, 0.717) is 0 Å². The lowest BCUT2D eigenvalue weighted by molar-refractivity contribution is 0.979. The summed E-state index contributed by atoms with van der Waals surface area (Å²) in [5, 5.41) is 4.34. The fraction of sp³-hybridized carbons (Fsp3) is 0.167. The molecule has 0 spiro atoms. The van der Waals surface area contributed by atoms with Gasteiger partial charge in [0.1, 0.15) is 5.52 Å². The highest BCUT2D eigenvalue weighted by Gasteiger charge is 2.09. The number of hydrogen-bond acceptors (Lipinski definition) is 3. The summed E-state index contributed by atoms with van der Waals surface area (Å²) in [4.78, 5) is 6.64. The van der Waals surface area contributed by atoms with Gasteiger partial charge in [-0.15, -0.1) is 0 Å². The Morgan fingerprint density at radius 3 is 2.69 bits per heavy atom. The maximum absolute atomic E-state index is 4.64. The van der Waals surface area contributed by atoms with E-state index in [1.165, 1.54) is 0 Å². The Balaban J connectivity index is 2.53. The highest BCUT2D eigenvalue weighted by atomic mass is 15.3. The van der Waals surface area contributed by atoms with Crippen molar-refractivity contribution in [1.29, 1.82) is 0 Å². The van der Waals surface area contributed by atoms with Crippen LogP contribution in [-0.2, 0) is 0 Å². The Kier molecular flexibility index (Phi) is 1.83. The molecular formula is C12H12N4. The van der Waals surface area contributed by atoms with E-state index < -0.39 is 0 Å². The van der Waals surface area contributed by atoms with Crippen molar-refractivity contribution in [3.8, 4) is 0 Å². The van der Waals surface area contributed by atoms with Gasteiger partial charge in [-0.1, -0.05) is 12.1 Å². The first kappa shape index (κ1) is 9.15. The molecule has 1 aromatic carbocycles. The summed E-state index contributed by atoms with van der Waals surface area (Å²) in [6, 6.07) is 10.0. The van der Waals surface area contributed by atoms with Crippen LogP contribution >= 0.6 is 0 Å². The summed E-state index contributed by atoms with van der Waals surface area (Å²) in [7, 11) is 3.98. The van der Waals surface area contributed by atoms with Gasteiger partial charge in [-0.05, 0) is 18.2 Å². The van der Waals surface area contributed by atoms with Crippen molar-refractivity contribution < 1.29 is 0 Å². The number of benzene rings is 1. The van der Waals surface area contributed by atoms with Gasteiger partial charge in [0.15, 0.2) is 5.82 Å². The Morgan fingerprint density at radius 1 is 1.06 bits per heavy atom. The van der Waals surface area contributed by atoms with Crippen LogP contribution in [0.1, 0.15) is 0 Å². The lowest BCUT2D eigenvalue weighted by Gasteiger charge is -2.13. The number of fused-ring (bicyclic) bond motifs is 3. The zero-order valence-corrected chi connectivity index (χ0v) is 9.25. The van der Waals surface area contributed by atoms with Gasteiger partial charge >= 0.3 is 0 Å². The van der Waals surface area contributed by atoms with Gasteiger partial charge in [0, 0.05) is 14.1 Å². The first-order chi connectivity index (χ1) is 7.77. The minimum absolute atomic E-state index is 0.941. The quantitative estimate of drug-likeness (QED) is 0.618. The van der Waals surface area contributed by atoms with Crippen molar-refractivity contribution in [3.05, 3.63) is 36.5 Å². The summed E-state index contributed by atoms with van der Waals surface area (Å²) < 4.78 is 1.93. The van der Waals surface area contributed by atoms with Crippen LogP contribution in [0.2, 0.25) is 0 Å². The van der Waals surface area contributed by atoms with Crippen LogP contribution < -0.4 is 4.90 Å². The summed E-state index contributed by atoms with van der Waals surface area (Å²) in [6.07, 6.45) is 1.80. The monoisotopic (exact) mass is 212 g/mol. The van der Waals surface area contributed by atoms with Crippen molar-refractivity contribution in [2.75, 3.05) is 19.0 Å².